The van der Waals surface area contributed by atoms with Crippen molar-refractivity contribution in [1.29, 1.82) is 0 Å². The van der Waals surface area contributed by atoms with Crippen molar-refractivity contribution in [2.75, 3.05) is 20.3 Å². The van der Waals surface area contributed by atoms with Gasteiger partial charge in [0.1, 0.15) is 11.4 Å². The van der Waals surface area contributed by atoms with Gasteiger partial charge in [-0.2, -0.15) is 0 Å². The molecule has 1 aromatic heterocycles. The van der Waals surface area contributed by atoms with E-state index in [4.69, 9.17) is 30.5 Å². The molecule has 212 valence electrons. The predicted molar refractivity (Wildman–Crippen MR) is 152 cm³/mol. The lowest BCUT2D eigenvalue weighted by atomic mass is 9.80. The van der Waals surface area contributed by atoms with Crippen molar-refractivity contribution < 1.29 is 23.7 Å². The van der Waals surface area contributed by atoms with E-state index < -0.39 is 5.60 Å². The SMILES string of the molecule is CCCCOc1nccc2cc(OC3CCCC(CCCOC)(NC(=O)OC(C)(C)C)CCC3)c(Cl)cc12. The van der Waals surface area contributed by atoms with Gasteiger partial charge in [-0.15, -0.1) is 0 Å². The van der Waals surface area contributed by atoms with Crippen LogP contribution in [0.15, 0.2) is 24.4 Å². The fourth-order valence-corrected chi connectivity index (χ4v) is 5.29. The predicted octanol–water partition coefficient (Wildman–Crippen LogP) is 7.86. The lowest BCUT2D eigenvalue weighted by Crippen LogP contribution is -2.51. The van der Waals surface area contributed by atoms with Crippen LogP contribution in [0.2, 0.25) is 5.02 Å². The van der Waals surface area contributed by atoms with Crippen LogP contribution in [0.1, 0.15) is 91.9 Å². The molecule has 1 amide bonds. The summed E-state index contributed by atoms with van der Waals surface area (Å²) in [6.07, 6.45) is 10.6. The van der Waals surface area contributed by atoms with Gasteiger partial charge in [0.15, 0.2) is 0 Å². The minimum atomic E-state index is -0.532. The van der Waals surface area contributed by atoms with Gasteiger partial charge in [0.2, 0.25) is 5.88 Å². The molecule has 1 fully saturated rings. The molecule has 0 bridgehead atoms. The lowest BCUT2D eigenvalue weighted by Gasteiger charge is -2.38. The van der Waals surface area contributed by atoms with Gasteiger partial charge in [-0.25, -0.2) is 9.78 Å². The molecule has 0 radical (unpaired) electrons. The van der Waals surface area contributed by atoms with Gasteiger partial charge in [-0.3, -0.25) is 0 Å². The molecule has 7 nitrogen and oxygen atoms in total. The zero-order valence-electron chi connectivity index (χ0n) is 23.7. The lowest BCUT2D eigenvalue weighted by molar-refractivity contribution is 0.0402. The van der Waals surface area contributed by atoms with E-state index in [0.29, 0.717) is 29.9 Å². The first-order valence-corrected chi connectivity index (χ1v) is 14.4. The smallest absolute Gasteiger partial charge is 0.408 e. The molecule has 1 N–H and O–H groups in total. The Kier molecular flexibility index (Phi) is 11.3. The van der Waals surface area contributed by atoms with Crippen LogP contribution in [0.25, 0.3) is 10.8 Å². The summed E-state index contributed by atoms with van der Waals surface area (Å²) in [5.41, 5.74) is -0.830. The Morgan fingerprint density at radius 1 is 1.16 bits per heavy atom. The Balaban J connectivity index is 1.67. The molecular formula is C30H45ClN2O5. The molecular weight excluding hydrogens is 504 g/mol. The number of fused-ring (bicyclic) bond motifs is 1. The van der Waals surface area contributed by atoms with Crippen LogP contribution in [0.4, 0.5) is 4.79 Å². The number of hydrogen-bond acceptors (Lipinski definition) is 6. The Hall–Kier alpha value is -2.25. The number of aromatic nitrogens is 1. The van der Waals surface area contributed by atoms with Gasteiger partial charge in [0, 0.05) is 30.8 Å². The second kappa shape index (κ2) is 14.2. The van der Waals surface area contributed by atoms with Crippen molar-refractivity contribution in [3.05, 3.63) is 29.4 Å². The van der Waals surface area contributed by atoms with Crippen LogP contribution >= 0.6 is 11.6 Å². The van der Waals surface area contributed by atoms with E-state index in [1.54, 1.807) is 13.3 Å². The Bertz CT molecular complexity index is 1030. The highest BCUT2D eigenvalue weighted by atomic mass is 35.5. The van der Waals surface area contributed by atoms with E-state index >= 15 is 0 Å². The van der Waals surface area contributed by atoms with Crippen LogP contribution in [0.5, 0.6) is 11.6 Å². The van der Waals surface area contributed by atoms with Crippen LogP contribution in [-0.4, -0.2) is 48.6 Å². The number of carbonyl (C=O) groups excluding carboxylic acids is 1. The van der Waals surface area contributed by atoms with Crippen LogP contribution < -0.4 is 14.8 Å². The van der Waals surface area contributed by atoms with Gasteiger partial charge in [0.25, 0.3) is 0 Å². The molecule has 1 aliphatic carbocycles. The zero-order chi connectivity index (χ0) is 27.6. The van der Waals surface area contributed by atoms with Gasteiger partial charge in [-0.05, 0) is 102 Å². The van der Waals surface area contributed by atoms with E-state index in [-0.39, 0.29) is 17.7 Å². The average Bonchev–Trinajstić information content (AvgIpc) is 2.82. The first kappa shape index (κ1) is 30.3. The quantitative estimate of drug-likeness (QED) is 0.288. The molecule has 1 aliphatic rings. The Labute approximate surface area is 232 Å². The number of hydrogen-bond donors (Lipinski definition) is 1. The van der Waals surface area contributed by atoms with Gasteiger partial charge in [-0.1, -0.05) is 24.9 Å². The number of pyridine rings is 1. The summed E-state index contributed by atoms with van der Waals surface area (Å²) in [6.45, 7) is 9.10. The number of amides is 1. The molecule has 0 unspecified atom stereocenters. The van der Waals surface area contributed by atoms with E-state index in [2.05, 4.69) is 17.2 Å². The highest BCUT2D eigenvalue weighted by Crippen LogP contribution is 2.37. The molecule has 0 saturated heterocycles. The number of benzene rings is 1. The third kappa shape index (κ3) is 9.19. The second-order valence-electron chi connectivity index (χ2n) is 11.3. The second-order valence-corrected chi connectivity index (χ2v) is 11.8. The minimum absolute atomic E-state index is 0.0607. The summed E-state index contributed by atoms with van der Waals surface area (Å²) in [5.74, 6) is 1.30. The van der Waals surface area contributed by atoms with Gasteiger partial charge < -0.3 is 24.3 Å². The molecule has 38 heavy (non-hydrogen) atoms. The molecule has 1 heterocycles. The van der Waals surface area contributed by atoms with Crippen molar-refractivity contribution in [2.24, 2.45) is 0 Å². The van der Waals surface area contributed by atoms with Gasteiger partial charge in [0.05, 0.1) is 17.7 Å². The first-order chi connectivity index (χ1) is 18.1. The molecule has 0 aliphatic heterocycles. The molecule has 1 saturated carbocycles. The molecule has 8 heteroatoms. The monoisotopic (exact) mass is 548 g/mol. The van der Waals surface area contributed by atoms with E-state index in [1.807, 2.05) is 39.0 Å². The molecule has 1 aromatic carbocycles. The molecule has 3 rings (SSSR count). The van der Waals surface area contributed by atoms with Crippen LogP contribution in [0.3, 0.4) is 0 Å². The van der Waals surface area contributed by atoms with E-state index in [9.17, 15) is 4.79 Å². The fraction of sp³-hybridized carbons (Fsp3) is 0.667. The summed E-state index contributed by atoms with van der Waals surface area (Å²) in [6, 6.07) is 5.85. The van der Waals surface area contributed by atoms with Gasteiger partial charge >= 0.3 is 6.09 Å². The summed E-state index contributed by atoms with van der Waals surface area (Å²) in [4.78, 5) is 17.1. The highest BCUT2D eigenvalue weighted by molar-refractivity contribution is 6.33. The number of nitrogens with one attached hydrogen (secondary N) is 1. The fourth-order valence-electron chi connectivity index (χ4n) is 5.08. The summed E-state index contributed by atoms with van der Waals surface area (Å²) in [7, 11) is 1.71. The van der Waals surface area contributed by atoms with Crippen molar-refractivity contribution in [3.8, 4) is 11.6 Å². The van der Waals surface area contributed by atoms with E-state index in [1.165, 1.54) is 0 Å². The number of nitrogens with zero attached hydrogens (tertiary/aromatic N) is 1. The third-order valence-corrected chi connectivity index (χ3v) is 7.24. The third-order valence-electron chi connectivity index (χ3n) is 6.94. The number of carbonyl (C=O) groups is 1. The normalized spacial score (nSPS) is 20.4. The average molecular weight is 549 g/mol. The zero-order valence-corrected chi connectivity index (χ0v) is 24.5. The Morgan fingerprint density at radius 2 is 1.89 bits per heavy atom. The topological polar surface area (TPSA) is 78.9 Å². The first-order valence-electron chi connectivity index (χ1n) is 14.0. The molecule has 2 aromatic rings. The summed E-state index contributed by atoms with van der Waals surface area (Å²) >= 11 is 6.67. The largest absolute Gasteiger partial charge is 0.489 e. The van der Waals surface area contributed by atoms with Crippen molar-refractivity contribution >= 4 is 28.5 Å². The van der Waals surface area contributed by atoms with Crippen LogP contribution in [0, 0.1) is 0 Å². The standard InChI is InChI=1S/C30H45ClN2O5/c1-6-7-19-36-27-24-21-25(31)26(20-22(24)13-17-32-27)37-23-11-8-14-30(15-9-12-23,16-10-18-35-5)33-28(34)38-29(2,3)4/h13,17,20-21,23H,6-12,14-16,18-19H2,1-5H3,(H,33,34). The van der Waals surface area contributed by atoms with Crippen LogP contribution in [-0.2, 0) is 9.47 Å². The minimum Gasteiger partial charge on any atom is -0.489 e. The summed E-state index contributed by atoms with van der Waals surface area (Å²) < 4.78 is 23.2. The number of unbranched alkanes of at least 4 members (excludes halogenated alkanes) is 1. The number of halogens is 1. The molecule has 0 atom stereocenters. The Morgan fingerprint density at radius 3 is 2.55 bits per heavy atom. The van der Waals surface area contributed by atoms with Crippen molar-refractivity contribution in [3.63, 3.8) is 0 Å². The summed E-state index contributed by atoms with van der Waals surface area (Å²) in [5, 5.41) is 5.69. The number of alkyl carbamates (subject to hydrolysis) is 1. The molecule has 0 spiro atoms. The number of rotatable bonds is 11. The maximum Gasteiger partial charge on any atom is 0.408 e. The maximum absolute atomic E-state index is 12.7. The van der Waals surface area contributed by atoms with Crippen molar-refractivity contribution in [2.45, 2.75) is 109 Å². The van der Waals surface area contributed by atoms with E-state index in [0.717, 1.165) is 75.0 Å². The number of ether oxygens (including phenoxy) is 4. The van der Waals surface area contributed by atoms with Crippen molar-refractivity contribution in [1.82, 2.24) is 10.3 Å². The number of methoxy groups -OCH3 is 1. The maximum atomic E-state index is 12.7. The highest BCUT2D eigenvalue weighted by Gasteiger charge is 2.34.